The van der Waals surface area contributed by atoms with E-state index in [9.17, 15) is 9.59 Å². The third kappa shape index (κ3) is 2.54. The third-order valence-corrected chi connectivity index (χ3v) is 7.44. The average Bonchev–Trinajstić information content (AvgIpc) is 3.52. The molecule has 7 rings (SSSR count). The van der Waals surface area contributed by atoms with E-state index in [-0.39, 0.29) is 30.5 Å². The lowest BCUT2D eigenvalue weighted by Gasteiger charge is -2.13. The highest BCUT2D eigenvalue weighted by Gasteiger charge is 2.36. The summed E-state index contributed by atoms with van der Waals surface area (Å²) in [5.74, 6) is 1.32. The molecule has 2 aliphatic heterocycles. The van der Waals surface area contributed by atoms with Gasteiger partial charge in [-0.1, -0.05) is 36.8 Å². The molecule has 0 radical (unpaired) electrons. The first-order valence-electron chi connectivity index (χ1n) is 11.7. The van der Waals surface area contributed by atoms with Crippen molar-refractivity contribution in [3.63, 3.8) is 0 Å². The summed E-state index contributed by atoms with van der Waals surface area (Å²) < 4.78 is 13.1. The average molecular weight is 450 g/mol. The van der Waals surface area contributed by atoms with E-state index in [2.05, 4.69) is 31.2 Å². The number of ketones is 1. The van der Waals surface area contributed by atoms with Crippen LogP contribution in [-0.2, 0) is 17.8 Å². The van der Waals surface area contributed by atoms with Crippen molar-refractivity contribution in [3.05, 3.63) is 75.1 Å². The molecule has 0 bridgehead atoms. The van der Waals surface area contributed by atoms with Gasteiger partial charge < -0.3 is 14.0 Å². The first kappa shape index (κ1) is 19.5. The Balaban J connectivity index is 1.55. The highest BCUT2D eigenvalue weighted by molar-refractivity contribution is 6.01. The van der Waals surface area contributed by atoms with Crippen molar-refractivity contribution in [1.82, 2.24) is 9.55 Å². The number of aromatic nitrogens is 2. The normalized spacial score (nSPS) is 17.2. The van der Waals surface area contributed by atoms with Crippen molar-refractivity contribution in [2.24, 2.45) is 0 Å². The number of carbonyl (C=O) groups excluding carboxylic acids is 1. The van der Waals surface area contributed by atoms with E-state index in [0.29, 0.717) is 30.0 Å². The number of hydrogen-bond acceptors (Lipinski definition) is 5. The Morgan fingerprint density at radius 1 is 1.03 bits per heavy atom. The minimum atomic E-state index is -0.205. The lowest BCUT2D eigenvalue weighted by molar-refractivity contribution is -0.119. The summed E-state index contributed by atoms with van der Waals surface area (Å²) >= 11 is 0. The molecule has 1 unspecified atom stereocenters. The maximum Gasteiger partial charge on any atom is 0.255 e. The van der Waals surface area contributed by atoms with Crippen molar-refractivity contribution >= 4 is 16.7 Å². The van der Waals surface area contributed by atoms with Gasteiger partial charge in [0.15, 0.2) is 11.5 Å². The second-order valence-corrected chi connectivity index (χ2v) is 9.36. The Hall–Kier alpha value is -3.93. The van der Waals surface area contributed by atoms with Gasteiger partial charge in [0.25, 0.3) is 5.56 Å². The fourth-order valence-corrected chi connectivity index (χ4v) is 5.74. The maximum atomic E-state index is 13.5. The van der Waals surface area contributed by atoms with Crippen LogP contribution in [0.2, 0.25) is 0 Å². The SMILES string of the molecule is CCC1C(=O)Cc2c1cc1n(c2=O)Cc2c-1nc1cc3c(cc1c2-c1ccc(C)cc1)OCO3. The van der Waals surface area contributed by atoms with Crippen molar-refractivity contribution in [2.75, 3.05) is 6.79 Å². The molecular formula is C28H22N2O4. The first-order chi connectivity index (χ1) is 16.5. The van der Waals surface area contributed by atoms with Gasteiger partial charge in [-0.2, -0.15) is 0 Å². The Morgan fingerprint density at radius 2 is 1.79 bits per heavy atom. The van der Waals surface area contributed by atoms with Gasteiger partial charge in [-0.05, 0) is 42.2 Å². The summed E-state index contributed by atoms with van der Waals surface area (Å²) in [7, 11) is 0. The lowest BCUT2D eigenvalue weighted by atomic mass is 9.93. The van der Waals surface area contributed by atoms with Crippen molar-refractivity contribution in [1.29, 1.82) is 0 Å². The molecule has 168 valence electrons. The minimum absolute atomic E-state index is 0.0668. The van der Waals surface area contributed by atoms with Crippen LogP contribution in [0.4, 0.5) is 0 Å². The van der Waals surface area contributed by atoms with E-state index in [1.165, 1.54) is 5.56 Å². The number of ether oxygens (including phenoxy) is 2. The summed E-state index contributed by atoms with van der Waals surface area (Å²) in [5, 5.41) is 0.974. The molecule has 2 aromatic heterocycles. The second-order valence-electron chi connectivity index (χ2n) is 9.36. The van der Waals surface area contributed by atoms with E-state index in [1.807, 2.05) is 25.1 Å². The van der Waals surface area contributed by atoms with Crippen LogP contribution in [-0.4, -0.2) is 22.1 Å². The quantitative estimate of drug-likeness (QED) is 0.388. The molecule has 4 heterocycles. The Kier molecular flexibility index (Phi) is 3.90. The Labute approximate surface area is 195 Å². The van der Waals surface area contributed by atoms with Gasteiger partial charge in [0.05, 0.1) is 23.4 Å². The number of fused-ring (bicyclic) bond motifs is 6. The summed E-state index contributed by atoms with van der Waals surface area (Å²) in [4.78, 5) is 31.1. The van der Waals surface area contributed by atoms with Gasteiger partial charge in [-0.25, -0.2) is 4.98 Å². The molecule has 34 heavy (non-hydrogen) atoms. The smallest absolute Gasteiger partial charge is 0.255 e. The summed E-state index contributed by atoms with van der Waals surface area (Å²) in [5.41, 5.74) is 8.18. The molecule has 6 heteroatoms. The molecular weight excluding hydrogens is 428 g/mol. The monoisotopic (exact) mass is 450 g/mol. The summed E-state index contributed by atoms with van der Waals surface area (Å²) in [6.07, 6.45) is 0.926. The molecule has 0 N–H and O–H groups in total. The van der Waals surface area contributed by atoms with E-state index in [1.54, 1.807) is 4.57 Å². The predicted octanol–water partition coefficient (Wildman–Crippen LogP) is 4.75. The number of nitrogens with zero attached hydrogens (tertiary/aromatic N) is 2. The van der Waals surface area contributed by atoms with E-state index >= 15 is 0 Å². The first-order valence-corrected chi connectivity index (χ1v) is 11.7. The number of carbonyl (C=O) groups is 1. The molecule has 3 aliphatic rings. The highest BCUT2D eigenvalue weighted by atomic mass is 16.7. The number of aryl methyl sites for hydroxylation is 1. The largest absolute Gasteiger partial charge is 0.454 e. The van der Waals surface area contributed by atoms with Gasteiger partial charge in [-0.15, -0.1) is 0 Å². The van der Waals surface area contributed by atoms with E-state index in [4.69, 9.17) is 14.5 Å². The van der Waals surface area contributed by atoms with Crippen LogP contribution in [0.5, 0.6) is 11.5 Å². The predicted molar refractivity (Wildman–Crippen MR) is 129 cm³/mol. The zero-order valence-corrected chi connectivity index (χ0v) is 19.0. The van der Waals surface area contributed by atoms with Crippen LogP contribution in [0.15, 0.2) is 47.3 Å². The molecule has 0 saturated carbocycles. The molecule has 2 aromatic carbocycles. The molecule has 0 saturated heterocycles. The molecule has 0 amide bonds. The van der Waals surface area contributed by atoms with Crippen LogP contribution < -0.4 is 15.0 Å². The van der Waals surface area contributed by atoms with E-state index in [0.717, 1.165) is 44.5 Å². The second kappa shape index (κ2) is 6.79. The van der Waals surface area contributed by atoms with Crippen LogP contribution in [0.25, 0.3) is 33.4 Å². The van der Waals surface area contributed by atoms with Crippen LogP contribution >= 0.6 is 0 Å². The highest BCUT2D eigenvalue weighted by Crippen LogP contribution is 2.46. The van der Waals surface area contributed by atoms with Gasteiger partial charge in [0, 0.05) is 34.9 Å². The summed E-state index contributed by atoms with van der Waals surface area (Å²) in [6, 6.07) is 14.4. The Morgan fingerprint density at radius 3 is 2.56 bits per heavy atom. The summed E-state index contributed by atoms with van der Waals surface area (Å²) in [6.45, 7) is 4.70. The van der Waals surface area contributed by atoms with Crippen molar-refractivity contribution in [3.8, 4) is 34.0 Å². The topological polar surface area (TPSA) is 70.4 Å². The molecule has 0 fully saturated rings. The maximum absolute atomic E-state index is 13.5. The molecule has 1 atom stereocenters. The molecule has 1 aliphatic carbocycles. The minimum Gasteiger partial charge on any atom is -0.454 e. The fraction of sp³-hybridized carbons (Fsp3) is 0.250. The Bertz CT molecular complexity index is 1620. The standard InChI is InChI=1S/C28H22N2O4/c1-3-16-17-8-22-27-20(12-30(22)28(32)18(17)9-23(16)31)26(15-6-4-14(2)5-7-15)19-10-24-25(34-13-33-24)11-21(19)29-27/h4-8,10-11,16H,3,9,12-13H2,1-2H3. The lowest BCUT2D eigenvalue weighted by Crippen LogP contribution is -2.23. The van der Waals surface area contributed by atoms with Crippen molar-refractivity contribution < 1.29 is 14.3 Å². The zero-order chi connectivity index (χ0) is 23.1. The number of rotatable bonds is 2. The van der Waals surface area contributed by atoms with Crippen LogP contribution in [0, 0.1) is 6.92 Å². The van der Waals surface area contributed by atoms with Crippen LogP contribution in [0.1, 0.15) is 41.5 Å². The number of benzene rings is 2. The number of Topliss-reactive ketones (excluding diaryl/α,β-unsaturated/α-hetero) is 1. The van der Waals surface area contributed by atoms with Gasteiger partial charge in [-0.3, -0.25) is 9.59 Å². The zero-order valence-electron chi connectivity index (χ0n) is 19.0. The number of hydrogen-bond donors (Lipinski definition) is 0. The van der Waals surface area contributed by atoms with Gasteiger partial charge in [0.1, 0.15) is 5.78 Å². The van der Waals surface area contributed by atoms with Crippen LogP contribution in [0.3, 0.4) is 0 Å². The van der Waals surface area contributed by atoms with Gasteiger partial charge >= 0.3 is 0 Å². The molecule has 0 spiro atoms. The van der Waals surface area contributed by atoms with Crippen molar-refractivity contribution in [2.45, 2.75) is 39.2 Å². The van der Waals surface area contributed by atoms with E-state index < -0.39 is 0 Å². The van der Waals surface area contributed by atoms with Gasteiger partial charge in [0.2, 0.25) is 6.79 Å². The third-order valence-electron chi connectivity index (χ3n) is 7.44. The molecule has 6 nitrogen and oxygen atoms in total. The number of pyridine rings is 2. The molecule has 4 aromatic rings. The fourth-order valence-electron chi connectivity index (χ4n) is 5.74.